The van der Waals surface area contributed by atoms with Crippen molar-refractivity contribution in [1.29, 1.82) is 0 Å². The molecule has 0 aliphatic heterocycles. The van der Waals surface area contributed by atoms with Gasteiger partial charge in [0.15, 0.2) is 5.69 Å². The van der Waals surface area contributed by atoms with Crippen molar-refractivity contribution >= 4 is 11.8 Å². The highest BCUT2D eigenvalue weighted by Crippen LogP contribution is 2.30. The molecule has 108 valence electrons. The molecule has 0 saturated carbocycles. The highest BCUT2D eigenvalue weighted by molar-refractivity contribution is 5.45. The van der Waals surface area contributed by atoms with Crippen molar-refractivity contribution < 1.29 is 18.3 Å². The van der Waals surface area contributed by atoms with Crippen LogP contribution in [0.15, 0.2) is 6.07 Å². The standard InChI is InChI=1S/C10H16F3N5O/c1-2-3-18(4-5-19)8-6-7(10(11,12)13)15-9(16-8)17-14/h6,19H,2-5,14H2,1H3,(H,15,16,17). The molecule has 9 heteroatoms. The third-order valence-electron chi connectivity index (χ3n) is 2.32. The number of hydrogen-bond acceptors (Lipinski definition) is 6. The first-order valence-corrected chi connectivity index (χ1v) is 5.71. The first-order chi connectivity index (χ1) is 8.92. The lowest BCUT2D eigenvalue weighted by atomic mass is 10.3. The lowest BCUT2D eigenvalue weighted by Gasteiger charge is -2.23. The number of nitrogens with zero attached hydrogens (tertiary/aromatic N) is 3. The smallest absolute Gasteiger partial charge is 0.395 e. The van der Waals surface area contributed by atoms with Crippen molar-refractivity contribution in [2.45, 2.75) is 19.5 Å². The molecule has 0 amide bonds. The number of nitrogens with one attached hydrogen (secondary N) is 1. The maximum absolute atomic E-state index is 12.7. The van der Waals surface area contributed by atoms with E-state index in [0.717, 1.165) is 6.07 Å². The van der Waals surface area contributed by atoms with E-state index in [9.17, 15) is 13.2 Å². The Kier molecular flexibility index (Phi) is 5.31. The largest absolute Gasteiger partial charge is 0.433 e. The van der Waals surface area contributed by atoms with Gasteiger partial charge < -0.3 is 10.0 Å². The number of anilines is 2. The SMILES string of the molecule is CCCN(CCO)c1cc(C(F)(F)F)nc(NN)n1. The van der Waals surface area contributed by atoms with Gasteiger partial charge in [-0.05, 0) is 6.42 Å². The summed E-state index contributed by atoms with van der Waals surface area (Å²) in [5.74, 6) is 4.83. The Balaban J connectivity index is 3.17. The summed E-state index contributed by atoms with van der Waals surface area (Å²) in [6.45, 7) is 2.35. The second-order valence-electron chi connectivity index (χ2n) is 3.79. The molecule has 0 spiro atoms. The summed E-state index contributed by atoms with van der Waals surface area (Å²) in [6.07, 6.45) is -3.88. The van der Waals surface area contributed by atoms with Crippen molar-refractivity contribution in [2.24, 2.45) is 5.84 Å². The van der Waals surface area contributed by atoms with Crippen molar-refractivity contribution in [3.8, 4) is 0 Å². The molecule has 0 bridgehead atoms. The summed E-state index contributed by atoms with van der Waals surface area (Å²) in [5.41, 5.74) is 0.928. The fourth-order valence-corrected chi connectivity index (χ4v) is 1.54. The molecular weight excluding hydrogens is 263 g/mol. The number of nitrogens with two attached hydrogens (primary N) is 1. The summed E-state index contributed by atoms with van der Waals surface area (Å²) in [6, 6.07) is 0.839. The molecule has 4 N–H and O–H groups in total. The maximum atomic E-state index is 12.7. The molecule has 0 unspecified atom stereocenters. The first-order valence-electron chi connectivity index (χ1n) is 5.71. The van der Waals surface area contributed by atoms with Crippen molar-refractivity contribution in [3.05, 3.63) is 11.8 Å². The average molecular weight is 279 g/mol. The molecule has 1 rings (SSSR count). The molecule has 1 heterocycles. The minimum Gasteiger partial charge on any atom is -0.395 e. The molecule has 0 atom stereocenters. The van der Waals surface area contributed by atoms with E-state index < -0.39 is 11.9 Å². The van der Waals surface area contributed by atoms with Gasteiger partial charge in [-0.3, -0.25) is 5.43 Å². The number of aromatic nitrogens is 2. The molecule has 0 saturated heterocycles. The van der Waals surface area contributed by atoms with Gasteiger partial charge in [-0.2, -0.15) is 18.2 Å². The van der Waals surface area contributed by atoms with Gasteiger partial charge in [0.25, 0.3) is 0 Å². The second kappa shape index (κ2) is 6.53. The summed E-state index contributed by atoms with van der Waals surface area (Å²) >= 11 is 0. The molecule has 6 nitrogen and oxygen atoms in total. The van der Waals surface area contributed by atoms with Crippen molar-refractivity contribution in [1.82, 2.24) is 9.97 Å². The third-order valence-corrected chi connectivity index (χ3v) is 2.32. The molecule has 0 radical (unpaired) electrons. The van der Waals surface area contributed by atoms with Gasteiger partial charge in [0.2, 0.25) is 5.95 Å². The Morgan fingerprint density at radius 2 is 2.05 bits per heavy atom. The fraction of sp³-hybridized carbons (Fsp3) is 0.600. The van der Waals surface area contributed by atoms with Gasteiger partial charge in [0, 0.05) is 19.2 Å². The van der Waals surface area contributed by atoms with Gasteiger partial charge >= 0.3 is 6.18 Å². The summed E-state index contributed by atoms with van der Waals surface area (Å²) in [5, 5.41) is 8.93. The molecule has 1 aromatic rings. The number of nitrogen functional groups attached to an aromatic ring is 1. The van der Waals surface area contributed by atoms with Crippen LogP contribution in [0.4, 0.5) is 24.9 Å². The van der Waals surface area contributed by atoms with Crippen LogP contribution >= 0.6 is 0 Å². The number of halogens is 3. The van der Waals surface area contributed by atoms with Crippen LogP contribution in [-0.2, 0) is 6.18 Å². The van der Waals surface area contributed by atoms with Gasteiger partial charge in [-0.1, -0.05) is 6.92 Å². The Morgan fingerprint density at radius 1 is 1.37 bits per heavy atom. The zero-order valence-electron chi connectivity index (χ0n) is 10.4. The van der Waals surface area contributed by atoms with E-state index in [1.807, 2.05) is 12.3 Å². The Labute approximate surface area is 108 Å². The van der Waals surface area contributed by atoms with Crippen LogP contribution in [0.1, 0.15) is 19.0 Å². The predicted molar refractivity (Wildman–Crippen MR) is 64.4 cm³/mol. The monoisotopic (exact) mass is 279 g/mol. The third kappa shape index (κ3) is 4.21. The van der Waals surface area contributed by atoms with Crippen molar-refractivity contribution in [2.75, 3.05) is 30.0 Å². The van der Waals surface area contributed by atoms with Gasteiger partial charge in [-0.25, -0.2) is 10.8 Å². The Bertz CT molecular complexity index is 407. The Hall–Kier alpha value is -1.61. The molecule has 0 aliphatic carbocycles. The zero-order valence-corrected chi connectivity index (χ0v) is 10.4. The highest BCUT2D eigenvalue weighted by Gasteiger charge is 2.34. The molecule has 0 aliphatic rings. The number of hydrogen-bond donors (Lipinski definition) is 3. The summed E-state index contributed by atoms with van der Waals surface area (Å²) in [7, 11) is 0. The fourth-order valence-electron chi connectivity index (χ4n) is 1.54. The van der Waals surface area contributed by atoms with E-state index in [0.29, 0.717) is 13.0 Å². The van der Waals surface area contributed by atoms with E-state index >= 15 is 0 Å². The van der Waals surface area contributed by atoms with E-state index in [1.165, 1.54) is 4.90 Å². The van der Waals surface area contributed by atoms with Crippen molar-refractivity contribution in [3.63, 3.8) is 0 Å². The maximum Gasteiger partial charge on any atom is 0.433 e. The van der Waals surface area contributed by atoms with E-state index in [4.69, 9.17) is 10.9 Å². The molecule has 1 aromatic heterocycles. The lowest BCUT2D eigenvalue weighted by Crippen LogP contribution is -2.29. The van der Waals surface area contributed by atoms with Crippen LogP contribution < -0.4 is 16.2 Å². The van der Waals surface area contributed by atoms with E-state index in [2.05, 4.69) is 9.97 Å². The number of rotatable bonds is 6. The van der Waals surface area contributed by atoms with Crippen LogP contribution in [-0.4, -0.2) is 34.8 Å². The second-order valence-corrected chi connectivity index (χ2v) is 3.79. The zero-order chi connectivity index (χ0) is 14.5. The molecule has 19 heavy (non-hydrogen) atoms. The van der Waals surface area contributed by atoms with Crippen LogP contribution in [0.2, 0.25) is 0 Å². The average Bonchev–Trinajstić information content (AvgIpc) is 2.37. The predicted octanol–water partition coefficient (Wildman–Crippen LogP) is 0.990. The minimum atomic E-state index is -4.58. The van der Waals surface area contributed by atoms with Gasteiger partial charge in [0.05, 0.1) is 6.61 Å². The van der Waals surface area contributed by atoms with E-state index in [1.54, 1.807) is 0 Å². The topological polar surface area (TPSA) is 87.3 Å². The first kappa shape index (κ1) is 15.4. The molecular formula is C10H16F3N5O. The van der Waals surface area contributed by atoms with Crippen LogP contribution in [0.3, 0.4) is 0 Å². The highest BCUT2D eigenvalue weighted by atomic mass is 19.4. The van der Waals surface area contributed by atoms with Gasteiger partial charge in [-0.15, -0.1) is 0 Å². The number of hydrazine groups is 1. The van der Waals surface area contributed by atoms with Crippen LogP contribution in [0, 0.1) is 0 Å². The summed E-state index contributed by atoms with van der Waals surface area (Å²) < 4.78 is 38.1. The van der Waals surface area contributed by atoms with Gasteiger partial charge in [0.1, 0.15) is 5.82 Å². The van der Waals surface area contributed by atoms with E-state index in [-0.39, 0.29) is 24.9 Å². The number of alkyl halides is 3. The number of aliphatic hydroxyl groups excluding tert-OH is 1. The molecule has 0 aromatic carbocycles. The Morgan fingerprint density at radius 3 is 2.53 bits per heavy atom. The minimum absolute atomic E-state index is 0.0752. The molecule has 0 fully saturated rings. The quantitative estimate of drug-likeness (QED) is 0.532. The van der Waals surface area contributed by atoms with Crippen LogP contribution in [0.25, 0.3) is 0 Å². The normalized spacial score (nSPS) is 11.5. The van der Waals surface area contributed by atoms with Crippen LogP contribution in [0.5, 0.6) is 0 Å². The lowest BCUT2D eigenvalue weighted by molar-refractivity contribution is -0.141. The number of aliphatic hydroxyl groups is 1. The summed E-state index contributed by atoms with van der Waals surface area (Å²) in [4.78, 5) is 8.67.